The van der Waals surface area contributed by atoms with Gasteiger partial charge in [-0.25, -0.2) is 0 Å². The Labute approximate surface area is 119 Å². The summed E-state index contributed by atoms with van der Waals surface area (Å²) in [6.07, 6.45) is 5.92. The number of hydrogen-bond donors (Lipinski definition) is 2. The summed E-state index contributed by atoms with van der Waals surface area (Å²) in [7, 11) is 0. The summed E-state index contributed by atoms with van der Waals surface area (Å²) < 4.78 is 0. The highest BCUT2D eigenvalue weighted by Gasteiger charge is 2.28. The second-order valence-electron chi connectivity index (χ2n) is 5.81. The Morgan fingerprint density at radius 2 is 1.90 bits per heavy atom. The van der Waals surface area contributed by atoms with Crippen LogP contribution >= 0.6 is 0 Å². The monoisotopic (exact) mass is 277 g/mol. The Hall–Kier alpha value is -1.49. The summed E-state index contributed by atoms with van der Waals surface area (Å²) in [5.41, 5.74) is 1.11. The fourth-order valence-electron chi connectivity index (χ4n) is 2.68. The van der Waals surface area contributed by atoms with Gasteiger partial charge in [0.1, 0.15) is 0 Å². The van der Waals surface area contributed by atoms with Gasteiger partial charge in [0, 0.05) is 6.54 Å². The van der Waals surface area contributed by atoms with E-state index in [1.54, 1.807) is 13.0 Å². The van der Waals surface area contributed by atoms with Crippen molar-refractivity contribution in [3.8, 4) is 0 Å². The molecule has 1 aliphatic carbocycles. The minimum absolute atomic E-state index is 0.182. The van der Waals surface area contributed by atoms with Gasteiger partial charge in [-0.05, 0) is 32.8 Å². The molecule has 0 saturated heterocycles. The van der Waals surface area contributed by atoms with Crippen LogP contribution in [-0.2, 0) is 0 Å². The van der Waals surface area contributed by atoms with Gasteiger partial charge in [-0.3, -0.25) is 4.79 Å². The number of rotatable bonds is 3. The fraction of sp³-hybridized carbons (Fsp3) is 0.667. The zero-order valence-electron chi connectivity index (χ0n) is 12.3. The Morgan fingerprint density at radius 3 is 2.55 bits per heavy atom. The van der Waals surface area contributed by atoms with E-state index in [2.05, 4.69) is 15.5 Å². The molecule has 0 atom stereocenters. The maximum absolute atomic E-state index is 12.2. The summed E-state index contributed by atoms with van der Waals surface area (Å²) in [5.74, 6) is -0.182. The highest BCUT2D eigenvalue weighted by atomic mass is 16.3. The van der Waals surface area contributed by atoms with E-state index in [1.165, 1.54) is 12.8 Å². The molecule has 0 aliphatic heterocycles. The van der Waals surface area contributed by atoms with Crippen LogP contribution in [0.2, 0.25) is 0 Å². The van der Waals surface area contributed by atoms with Crippen LogP contribution in [-0.4, -0.2) is 33.4 Å². The van der Waals surface area contributed by atoms with Crippen LogP contribution in [0.3, 0.4) is 0 Å². The number of nitrogens with zero attached hydrogens (tertiary/aromatic N) is 2. The first kappa shape index (κ1) is 14.9. The van der Waals surface area contributed by atoms with Crippen molar-refractivity contribution in [1.82, 2.24) is 15.5 Å². The van der Waals surface area contributed by atoms with E-state index < -0.39 is 5.60 Å². The number of aliphatic hydroxyl groups is 1. The number of hydrogen-bond acceptors (Lipinski definition) is 4. The minimum atomic E-state index is -0.754. The maximum atomic E-state index is 12.2. The van der Waals surface area contributed by atoms with E-state index in [0.29, 0.717) is 23.5 Å². The first-order chi connectivity index (χ1) is 9.50. The lowest BCUT2D eigenvalue weighted by molar-refractivity contribution is 0.0246. The lowest BCUT2D eigenvalue weighted by Crippen LogP contribution is -2.42. The summed E-state index contributed by atoms with van der Waals surface area (Å²) >= 11 is 0. The molecule has 1 fully saturated rings. The SMILES string of the molecule is Cc1cc(C(=O)NCC2(O)CCCCCC2)c(C)nn1. The van der Waals surface area contributed by atoms with E-state index in [1.807, 2.05) is 6.92 Å². The molecule has 20 heavy (non-hydrogen) atoms. The standard InChI is InChI=1S/C15H23N3O2/c1-11-9-13(12(2)18-17-11)14(19)16-10-15(20)7-5-3-4-6-8-15/h9,20H,3-8,10H2,1-2H3,(H,16,19). The number of aryl methyl sites for hydroxylation is 2. The van der Waals surface area contributed by atoms with Crippen molar-refractivity contribution < 1.29 is 9.90 Å². The van der Waals surface area contributed by atoms with Crippen molar-refractivity contribution in [3.63, 3.8) is 0 Å². The van der Waals surface area contributed by atoms with Crippen LogP contribution in [0.1, 0.15) is 60.3 Å². The average molecular weight is 277 g/mol. The smallest absolute Gasteiger partial charge is 0.253 e. The number of aromatic nitrogens is 2. The topological polar surface area (TPSA) is 75.1 Å². The van der Waals surface area contributed by atoms with Crippen molar-refractivity contribution in [3.05, 3.63) is 23.0 Å². The molecular weight excluding hydrogens is 254 g/mol. The molecule has 0 unspecified atom stereocenters. The highest BCUT2D eigenvalue weighted by Crippen LogP contribution is 2.26. The van der Waals surface area contributed by atoms with Gasteiger partial charge in [-0.1, -0.05) is 25.7 Å². The zero-order chi connectivity index (χ0) is 14.6. The Morgan fingerprint density at radius 1 is 1.25 bits per heavy atom. The molecule has 1 aromatic heterocycles. The van der Waals surface area contributed by atoms with Crippen LogP contribution in [0, 0.1) is 13.8 Å². The molecule has 2 rings (SSSR count). The molecule has 2 N–H and O–H groups in total. The van der Waals surface area contributed by atoms with Crippen molar-refractivity contribution >= 4 is 5.91 Å². The number of carbonyl (C=O) groups excluding carboxylic acids is 1. The minimum Gasteiger partial charge on any atom is -0.388 e. The van der Waals surface area contributed by atoms with Gasteiger partial charge in [-0.15, -0.1) is 0 Å². The quantitative estimate of drug-likeness (QED) is 0.828. The summed E-state index contributed by atoms with van der Waals surface area (Å²) in [6.45, 7) is 3.89. The fourth-order valence-corrected chi connectivity index (χ4v) is 2.68. The Kier molecular flexibility index (Phi) is 4.70. The molecule has 1 aromatic rings. The second kappa shape index (κ2) is 6.31. The molecule has 1 saturated carbocycles. The molecule has 1 aliphatic rings. The molecule has 110 valence electrons. The third-order valence-corrected chi connectivity index (χ3v) is 3.96. The third kappa shape index (κ3) is 3.76. The predicted molar refractivity (Wildman–Crippen MR) is 76.5 cm³/mol. The summed E-state index contributed by atoms with van der Waals surface area (Å²) in [5, 5.41) is 21.2. The highest BCUT2D eigenvalue weighted by molar-refractivity contribution is 5.95. The largest absolute Gasteiger partial charge is 0.388 e. The summed E-state index contributed by atoms with van der Waals surface area (Å²) in [4.78, 5) is 12.2. The van der Waals surface area contributed by atoms with Crippen molar-refractivity contribution in [2.45, 2.75) is 58.0 Å². The van der Waals surface area contributed by atoms with Crippen molar-refractivity contribution in [2.24, 2.45) is 0 Å². The number of nitrogens with one attached hydrogen (secondary N) is 1. The van der Waals surface area contributed by atoms with Gasteiger partial charge < -0.3 is 10.4 Å². The molecule has 0 radical (unpaired) electrons. The summed E-state index contributed by atoms with van der Waals surface area (Å²) in [6, 6.07) is 1.73. The maximum Gasteiger partial charge on any atom is 0.253 e. The van der Waals surface area contributed by atoms with E-state index >= 15 is 0 Å². The second-order valence-corrected chi connectivity index (χ2v) is 5.81. The zero-order valence-corrected chi connectivity index (χ0v) is 12.3. The van der Waals surface area contributed by atoms with E-state index in [-0.39, 0.29) is 5.91 Å². The van der Waals surface area contributed by atoms with Gasteiger partial charge in [0.15, 0.2) is 0 Å². The molecule has 1 amide bonds. The van der Waals surface area contributed by atoms with Crippen LogP contribution in [0.4, 0.5) is 0 Å². The third-order valence-electron chi connectivity index (χ3n) is 3.96. The molecule has 5 nitrogen and oxygen atoms in total. The first-order valence-corrected chi connectivity index (χ1v) is 7.32. The van der Waals surface area contributed by atoms with Crippen LogP contribution in [0.25, 0.3) is 0 Å². The predicted octanol–water partition coefficient (Wildman–Crippen LogP) is 1.91. The van der Waals surface area contributed by atoms with Crippen molar-refractivity contribution in [2.75, 3.05) is 6.54 Å². The normalized spacial score (nSPS) is 18.4. The van der Waals surface area contributed by atoms with E-state index in [4.69, 9.17) is 0 Å². The van der Waals surface area contributed by atoms with Gasteiger partial charge in [0.05, 0.1) is 22.6 Å². The number of amides is 1. The number of carbonyl (C=O) groups is 1. The molecule has 0 aromatic carbocycles. The Bertz CT molecular complexity index is 480. The lowest BCUT2D eigenvalue weighted by atomic mass is 9.94. The van der Waals surface area contributed by atoms with E-state index in [9.17, 15) is 9.90 Å². The average Bonchev–Trinajstić information content (AvgIpc) is 2.64. The molecule has 0 bridgehead atoms. The van der Waals surface area contributed by atoms with Crippen LogP contribution < -0.4 is 5.32 Å². The molecular formula is C15H23N3O2. The molecule has 0 spiro atoms. The van der Waals surface area contributed by atoms with Gasteiger partial charge in [0.2, 0.25) is 0 Å². The van der Waals surface area contributed by atoms with Crippen LogP contribution in [0.5, 0.6) is 0 Å². The lowest BCUT2D eigenvalue weighted by Gasteiger charge is -2.26. The van der Waals surface area contributed by atoms with Gasteiger partial charge in [-0.2, -0.15) is 10.2 Å². The van der Waals surface area contributed by atoms with Crippen molar-refractivity contribution in [1.29, 1.82) is 0 Å². The van der Waals surface area contributed by atoms with E-state index in [0.717, 1.165) is 25.7 Å². The molecule has 1 heterocycles. The van der Waals surface area contributed by atoms with Gasteiger partial charge in [0.25, 0.3) is 5.91 Å². The first-order valence-electron chi connectivity index (χ1n) is 7.32. The van der Waals surface area contributed by atoms with Crippen LogP contribution in [0.15, 0.2) is 6.07 Å². The molecule has 5 heteroatoms. The Balaban J connectivity index is 1.99. The van der Waals surface area contributed by atoms with Gasteiger partial charge >= 0.3 is 0 Å².